The van der Waals surface area contributed by atoms with Gasteiger partial charge in [0, 0.05) is 18.8 Å². The number of tetrazole rings is 1. The summed E-state index contributed by atoms with van der Waals surface area (Å²) in [6, 6.07) is 9.82. The van der Waals surface area contributed by atoms with E-state index in [1.807, 2.05) is 36.5 Å². The lowest BCUT2D eigenvalue weighted by molar-refractivity contribution is 0.101. The summed E-state index contributed by atoms with van der Waals surface area (Å²) in [6.45, 7) is 1.56. The van der Waals surface area contributed by atoms with Crippen LogP contribution in [0.25, 0.3) is 16.8 Å². The second-order valence-corrected chi connectivity index (χ2v) is 4.21. The Morgan fingerprint density at radius 2 is 1.89 bits per heavy atom. The van der Waals surface area contributed by atoms with Crippen molar-refractivity contribution in [3.63, 3.8) is 0 Å². The maximum atomic E-state index is 11.9. The van der Waals surface area contributed by atoms with Crippen LogP contribution in [0.1, 0.15) is 17.3 Å². The Kier molecular flexibility index (Phi) is 2.26. The standard InChI is InChI=1S/C13H12N4O/c1-9(18)12-11(10-6-4-3-5-7-10)8-17-13(12)16(2)14-15-17/h3-8H,1-2H3. The molecule has 2 aromatic heterocycles. The fraction of sp³-hybridized carbons (Fsp3) is 0.154. The molecule has 2 heterocycles. The van der Waals surface area contributed by atoms with E-state index in [0.717, 1.165) is 16.8 Å². The van der Waals surface area contributed by atoms with Crippen molar-refractivity contribution in [1.29, 1.82) is 0 Å². The summed E-state index contributed by atoms with van der Waals surface area (Å²) in [6.07, 6.45) is 1.84. The molecule has 0 amide bonds. The van der Waals surface area contributed by atoms with Crippen LogP contribution in [-0.4, -0.2) is 25.4 Å². The SMILES string of the molecule is CC(=O)c1c(-c2ccccc2)cn2nnn(C)c12. The molecular weight excluding hydrogens is 228 g/mol. The predicted octanol–water partition coefficient (Wildman–Crippen LogP) is 1.94. The molecule has 0 aliphatic rings. The maximum Gasteiger partial charge on any atom is 0.164 e. The van der Waals surface area contributed by atoms with E-state index in [0.29, 0.717) is 5.56 Å². The van der Waals surface area contributed by atoms with Crippen LogP contribution in [0.5, 0.6) is 0 Å². The molecule has 3 aromatic rings. The third kappa shape index (κ3) is 1.44. The number of aryl methyl sites for hydroxylation is 1. The van der Waals surface area contributed by atoms with E-state index in [1.54, 1.807) is 23.2 Å². The lowest BCUT2D eigenvalue weighted by Gasteiger charge is -2.01. The first kappa shape index (κ1) is 10.7. The first-order valence-electron chi connectivity index (χ1n) is 5.66. The number of Topliss-reactive ketones (excluding diaryl/α,β-unsaturated/α-hetero) is 1. The average Bonchev–Trinajstić information content (AvgIpc) is 2.91. The van der Waals surface area contributed by atoms with Gasteiger partial charge < -0.3 is 0 Å². The zero-order chi connectivity index (χ0) is 12.7. The van der Waals surface area contributed by atoms with Gasteiger partial charge in [-0.3, -0.25) is 4.79 Å². The van der Waals surface area contributed by atoms with Crippen LogP contribution in [0.3, 0.4) is 0 Å². The highest BCUT2D eigenvalue weighted by molar-refractivity contribution is 6.06. The summed E-state index contributed by atoms with van der Waals surface area (Å²) in [5.41, 5.74) is 3.28. The van der Waals surface area contributed by atoms with Crippen molar-refractivity contribution in [3.8, 4) is 11.1 Å². The van der Waals surface area contributed by atoms with Crippen molar-refractivity contribution in [2.75, 3.05) is 0 Å². The van der Waals surface area contributed by atoms with Crippen LogP contribution < -0.4 is 0 Å². The normalized spacial score (nSPS) is 11.0. The van der Waals surface area contributed by atoms with Gasteiger partial charge in [0.2, 0.25) is 0 Å². The van der Waals surface area contributed by atoms with Crippen molar-refractivity contribution in [1.82, 2.24) is 19.6 Å². The van der Waals surface area contributed by atoms with E-state index < -0.39 is 0 Å². The van der Waals surface area contributed by atoms with Crippen LogP contribution in [-0.2, 0) is 7.05 Å². The average molecular weight is 240 g/mol. The molecule has 0 aliphatic carbocycles. The number of carbonyl (C=O) groups excluding carboxylic acids is 1. The highest BCUT2D eigenvalue weighted by atomic mass is 16.1. The molecule has 0 atom stereocenters. The van der Waals surface area contributed by atoms with E-state index in [4.69, 9.17) is 0 Å². The lowest BCUT2D eigenvalue weighted by atomic mass is 10.0. The van der Waals surface area contributed by atoms with Gasteiger partial charge in [-0.15, -0.1) is 0 Å². The van der Waals surface area contributed by atoms with Crippen molar-refractivity contribution in [2.45, 2.75) is 6.92 Å². The number of nitrogens with zero attached hydrogens (tertiary/aromatic N) is 4. The molecule has 0 aliphatic heterocycles. The van der Waals surface area contributed by atoms with Gasteiger partial charge in [0.15, 0.2) is 11.4 Å². The molecule has 0 unspecified atom stereocenters. The number of rotatable bonds is 2. The molecule has 0 spiro atoms. The van der Waals surface area contributed by atoms with Gasteiger partial charge in [-0.25, -0.2) is 9.20 Å². The van der Waals surface area contributed by atoms with Gasteiger partial charge in [0.05, 0.1) is 5.56 Å². The van der Waals surface area contributed by atoms with E-state index in [-0.39, 0.29) is 5.78 Å². The van der Waals surface area contributed by atoms with Crippen molar-refractivity contribution < 1.29 is 4.79 Å². The van der Waals surface area contributed by atoms with Crippen LogP contribution in [0, 0.1) is 0 Å². The molecule has 0 saturated heterocycles. The summed E-state index contributed by atoms with van der Waals surface area (Å²) in [7, 11) is 1.78. The molecule has 5 heteroatoms. The van der Waals surface area contributed by atoms with Crippen molar-refractivity contribution in [2.24, 2.45) is 7.05 Å². The van der Waals surface area contributed by atoms with E-state index in [1.165, 1.54) is 0 Å². The number of benzene rings is 1. The Morgan fingerprint density at radius 3 is 2.56 bits per heavy atom. The molecule has 5 nitrogen and oxygen atoms in total. The Morgan fingerprint density at radius 1 is 1.17 bits per heavy atom. The molecule has 90 valence electrons. The van der Waals surface area contributed by atoms with Crippen LogP contribution in [0.15, 0.2) is 36.5 Å². The minimum atomic E-state index is 0.0155. The number of carbonyl (C=O) groups is 1. The largest absolute Gasteiger partial charge is 0.294 e. The molecule has 0 saturated carbocycles. The van der Waals surface area contributed by atoms with Crippen LogP contribution >= 0.6 is 0 Å². The molecule has 1 aromatic carbocycles. The Hall–Kier alpha value is -2.43. The number of aromatic nitrogens is 4. The number of hydrogen-bond acceptors (Lipinski definition) is 3. The molecule has 18 heavy (non-hydrogen) atoms. The molecule has 0 radical (unpaired) electrons. The van der Waals surface area contributed by atoms with Gasteiger partial charge in [0.25, 0.3) is 0 Å². The first-order valence-corrected chi connectivity index (χ1v) is 5.66. The maximum absolute atomic E-state index is 11.9. The molecule has 0 fully saturated rings. The minimum absolute atomic E-state index is 0.0155. The highest BCUT2D eigenvalue weighted by Gasteiger charge is 2.19. The minimum Gasteiger partial charge on any atom is -0.294 e. The predicted molar refractivity (Wildman–Crippen MR) is 67.4 cm³/mol. The Balaban J connectivity index is 2.36. The summed E-state index contributed by atoms with van der Waals surface area (Å²) in [4.78, 5) is 11.9. The summed E-state index contributed by atoms with van der Waals surface area (Å²) >= 11 is 0. The third-order valence-electron chi connectivity index (χ3n) is 2.98. The Labute approximate surface area is 104 Å². The monoisotopic (exact) mass is 240 g/mol. The zero-order valence-electron chi connectivity index (χ0n) is 10.2. The zero-order valence-corrected chi connectivity index (χ0v) is 10.2. The second kappa shape index (κ2) is 3.80. The Bertz CT molecular complexity index is 724. The van der Waals surface area contributed by atoms with Gasteiger partial charge in [-0.2, -0.15) is 0 Å². The molecule has 3 rings (SSSR count). The smallest absolute Gasteiger partial charge is 0.164 e. The highest BCUT2D eigenvalue weighted by Crippen LogP contribution is 2.28. The topological polar surface area (TPSA) is 52.2 Å². The fourth-order valence-electron chi connectivity index (χ4n) is 2.19. The molecule has 0 bridgehead atoms. The third-order valence-corrected chi connectivity index (χ3v) is 2.98. The van der Waals surface area contributed by atoms with Gasteiger partial charge in [-0.05, 0) is 22.9 Å². The van der Waals surface area contributed by atoms with Crippen molar-refractivity contribution in [3.05, 3.63) is 42.1 Å². The van der Waals surface area contributed by atoms with Crippen LogP contribution in [0.2, 0.25) is 0 Å². The molecular formula is C13H12N4O. The van der Waals surface area contributed by atoms with Crippen molar-refractivity contribution >= 4 is 11.4 Å². The lowest BCUT2D eigenvalue weighted by Crippen LogP contribution is -1.99. The van der Waals surface area contributed by atoms with Gasteiger partial charge in [-0.1, -0.05) is 30.3 Å². The summed E-state index contributed by atoms with van der Waals surface area (Å²) in [5.74, 6) is 0.0155. The van der Waals surface area contributed by atoms with Gasteiger partial charge >= 0.3 is 0 Å². The summed E-state index contributed by atoms with van der Waals surface area (Å²) < 4.78 is 3.25. The van der Waals surface area contributed by atoms with E-state index in [2.05, 4.69) is 10.4 Å². The number of ketones is 1. The van der Waals surface area contributed by atoms with E-state index >= 15 is 0 Å². The number of hydrogen-bond donors (Lipinski definition) is 0. The first-order chi connectivity index (χ1) is 8.68. The second-order valence-electron chi connectivity index (χ2n) is 4.21. The molecule has 0 N–H and O–H groups in total. The van der Waals surface area contributed by atoms with E-state index in [9.17, 15) is 4.79 Å². The van der Waals surface area contributed by atoms with Crippen LogP contribution in [0.4, 0.5) is 0 Å². The number of fused-ring (bicyclic) bond motifs is 1. The summed E-state index contributed by atoms with van der Waals surface area (Å²) in [5, 5.41) is 7.90. The quantitative estimate of drug-likeness (QED) is 0.643. The fourth-order valence-corrected chi connectivity index (χ4v) is 2.19. The van der Waals surface area contributed by atoms with Gasteiger partial charge in [0.1, 0.15) is 0 Å².